The summed E-state index contributed by atoms with van der Waals surface area (Å²) >= 11 is -0.717. The van der Waals surface area contributed by atoms with E-state index < -0.39 is 15.7 Å². The molecule has 0 saturated carbocycles. The third kappa shape index (κ3) is 2.92. The molecule has 0 saturated heterocycles. The minimum atomic E-state index is -0.717. The predicted octanol–water partition coefficient (Wildman–Crippen LogP) is 1.59. The second-order valence-corrected chi connectivity index (χ2v) is 2.56. The van der Waals surface area contributed by atoms with Crippen molar-refractivity contribution < 1.29 is 3.74 Å². The van der Waals surface area contributed by atoms with Crippen LogP contribution in [0.5, 0.6) is 0 Å². The van der Waals surface area contributed by atoms with Crippen LogP contribution < -0.4 is 0 Å². The van der Waals surface area contributed by atoms with E-state index in [4.69, 9.17) is 0 Å². The van der Waals surface area contributed by atoms with E-state index in [0.29, 0.717) is 5.21 Å². The van der Waals surface area contributed by atoms with Gasteiger partial charge >= 0.3 is 55.9 Å². The molecule has 8 heavy (non-hydrogen) atoms. The monoisotopic (exact) mass is 172 g/mol. The molecule has 0 aromatic carbocycles. The van der Waals surface area contributed by atoms with Crippen LogP contribution in [0.1, 0.15) is 6.92 Å². The van der Waals surface area contributed by atoms with Crippen molar-refractivity contribution in [3.63, 3.8) is 0 Å². The molecule has 1 nitrogen and oxygen atoms in total. The predicted molar refractivity (Wildman–Crippen MR) is 35.2 cm³/mol. The number of hydrogen-bond acceptors (Lipinski definition) is 1. The second kappa shape index (κ2) is 4.98. The fourth-order valence-electron chi connectivity index (χ4n) is 0.348. The van der Waals surface area contributed by atoms with E-state index in [1.807, 2.05) is 13.0 Å². The van der Waals surface area contributed by atoms with Gasteiger partial charge in [0, 0.05) is 0 Å². The van der Waals surface area contributed by atoms with Gasteiger partial charge in [0.25, 0.3) is 0 Å². The molecule has 0 bridgehead atoms. The average molecular weight is 172 g/mol. The maximum absolute atomic E-state index is 10.1. The summed E-state index contributed by atoms with van der Waals surface area (Å²) in [4.78, 5) is 0. The standard InChI is InChI=1S/C6H9AsO/c1-3-6(4-2)5-7-8/h3-4H,1,5H2,2H3/b6-4+. The molecule has 0 N–H and O–H groups in total. The zero-order valence-electron chi connectivity index (χ0n) is 4.92. The van der Waals surface area contributed by atoms with Crippen LogP contribution in [0.4, 0.5) is 0 Å². The first-order chi connectivity index (χ1) is 3.85. The van der Waals surface area contributed by atoms with Gasteiger partial charge < -0.3 is 0 Å². The van der Waals surface area contributed by atoms with Crippen LogP contribution in [-0.2, 0) is 3.74 Å². The van der Waals surface area contributed by atoms with Crippen LogP contribution in [0, 0.1) is 0 Å². The van der Waals surface area contributed by atoms with E-state index in [1.165, 1.54) is 0 Å². The van der Waals surface area contributed by atoms with E-state index in [-0.39, 0.29) is 0 Å². The molecule has 0 amide bonds. The first-order valence-corrected chi connectivity index (χ1v) is 4.51. The molecular weight excluding hydrogens is 163 g/mol. The molecule has 2 heteroatoms. The Morgan fingerprint density at radius 3 is 2.62 bits per heavy atom. The Morgan fingerprint density at radius 2 is 2.50 bits per heavy atom. The third-order valence-electron chi connectivity index (χ3n) is 0.880. The van der Waals surface area contributed by atoms with E-state index in [1.54, 1.807) is 6.08 Å². The normalized spacial score (nSPS) is 11.9. The molecule has 0 rings (SSSR count). The van der Waals surface area contributed by atoms with Crippen LogP contribution in [0.15, 0.2) is 24.3 Å². The zero-order chi connectivity index (χ0) is 6.41. The zero-order valence-corrected chi connectivity index (χ0v) is 6.80. The van der Waals surface area contributed by atoms with Crippen molar-refractivity contribution in [2.24, 2.45) is 0 Å². The Labute approximate surface area is 56.4 Å². The molecule has 0 fully saturated rings. The SMILES string of the molecule is C=C/C(=C\C)C[As]=O. The molecule has 0 aliphatic carbocycles. The number of allylic oxidation sites excluding steroid dienone is 3. The summed E-state index contributed by atoms with van der Waals surface area (Å²) in [6.07, 6.45) is 3.67. The van der Waals surface area contributed by atoms with E-state index in [0.717, 1.165) is 5.57 Å². The number of rotatable bonds is 3. The van der Waals surface area contributed by atoms with Gasteiger partial charge in [-0.05, 0) is 0 Å². The van der Waals surface area contributed by atoms with Crippen molar-refractivity contribution in [1.82, 2.24) is 0 Å². The van der Waals surface area contributed by atoms with Gasteiger partial charge in [-0.25, -0.2) is 0 Å². The van der Waals surface area contributed by atoms with Gasteiger partial charge in [0.2, 0.25) is 0 Å². The van der Waals surface area contributed by atoms with Gasteiger partial charge in [-0.1, -0.05) is 0 Å². The van der Waals surface area contributed by atoms with Gasteiger partial charge in [-0.3, -0.25) is 0 Å². The summed E-state index contributed by atoms with van der Waals surface area (Å²) in [6.45, 7) is 5.48. The van der Waals surface area contributed by atoms with Gasteiger partial charge in [0.1, 0.15) is 0 Å². The van der Waals surface area contributed by atoms with Crippen LogP contribution in [0.2, 0.25) is 5.21 Å². The van der Waals surface area contributed by atoms with Crippen LogP contribution >= 0.6 is 0 Å². The van der Waals surface area contributed by atoms with Gasteiger partial charge in [0.05, 0.1) is 0 Å². The molecule has 0 spiro atoms. The maximum atomic E-state index is 10.1. The summed E-state index contributed by atoms with van der Waals surface area (Å²) in [6, 6.07) is 0. The topological polar surface area (TPSA) is 17.1 Å². The van der Waals surface area contributed by atoms with Crippen LogP contribution in [0.25, 0.3) is 0 Å². The summed E-state index contributed by atoms with van der Waals surface area (Å²) in [5.74, 6) is 0. The Bertz CT molecular complexity index is 116. The molecule has 44 valence electrons. The Morgan fingerprint density at radius 1 is 1.88 bits per heavy atom. The molecule has 0 atom stereocenters. The van der Waals surface area contributed by atoms with Crippen molar-refractivity contribution >= 4 is 15.7 Å². The Kier molecular flexibility index (Phi) is 4.88. The summed E-state index contributed by atoms with van der Waals surface area (Å²) in [7, 11) is 0. The van der Waals surface area contributed by atoms with Gasteiger partial charge in [-0.2, -0.15) is 0 Å². The second-order valence-electron chi connectivity index (χ2n) is 1.35. The average Bonchev–Trinajstić information content (AvgIpc) is 1.83. The molecule has 0 heterocycles. The molecule has 0 aromatic heterocycles. The van der Waals surface area contributed by atoms with Crippen molar-refractivity contribution in [2.45, 2.75) is 12.1 Å². The summed E-state index contributed by atoms with van der Waals surface area (Å²) in [5.41, 5.74) is 1.08. The van der Waals surface area contributed by atoms with Crippen LogP contribution in [0.3, 0.4) is 0 Å². The minimum absolute atomic E-state index is 0.705. The quantitative estimate of drug-likeness (QED) is 0.466. The molecule has 0 aromatic rings. The van der Waals surface area contributed by atoms with Crippen LogP contribution in [-0.4, -0.2) is 15.7 Å². The van der Waals surface area contributed by atoms with Crippen molar-refractivity contribution in [2.75, 3.05) is 0 Å². The molecule has 0 radical (unpaired) electrons. The first-order valence-electron chi connectivity index (χ1n) is 2.42. The van der Waals surface area contributed by atoms with Gasteiger partial charge in [0.15, 0.2) is 0 Å². The molecule has 0 unspecified atom stereocenters. The number of hydrogen-bond donors (Lipinski definition) is 0. The molecular formula is C6H9AsO. The van der Waals surface area contributed by atoms with Gasteiger partial charge in [-0.15, -0.1) is 0 Å². The summed E-state index contributed by atoms with van der Waals surface area (Å²) < 4.78 is 10.1. The first kappa shape index (κ1) is 7.84. The fraction of sp³-hybridized carbons (Fsp3) is 0.333. The Hall–Kier alpha value is -0.162. The third-order valence-corrected chi connectivity index (χ3v) is 1.92. The molecule has 0 aliphatic rings. The van der Waals surface area contributed by atoms with E-state index >= 15 is 0 Å². The van der Waals surface area contributed by atoms with Crippen molar-refractivity contribution in [3.8, 4) is 0 Å². The van der Waals surface area contributed by atoms with E-state index in [9.17, 15) is 3.74 Å². The van der Waals surface area contributed by atoms with E-state index in [2.05, 4.69) is 6.58 Å². The van der Waals surface area contributed by atoms with Crippen molar-refractivity contribution in [3.05, 3.63) is 24.3 Å². The molecule has 0 aliphatic heterocycles. The Balaban J connectivity index is 3.71. The van der Waals surface area contributed by atoms with Crippen molar-refractivity contribution in [1.29, 1.82) is 0 Å². The fourth-order valence-corrected chi connectivity index (χ4v) is 1.31. The summed E-state index contributed by atoms with van der Waals surface area (Å²) in [5, 5.41) is 0.705.